The summed E-state index contributed by atoms with van der Waals surface area (Å²) in [6, 6.07) is 5.30. The van der Waals surface area contributed by atoms with E-state index >= 15 is 0 Å². The molecule has 0 saturated carbocycles. The Morgan fingerprint density at radius 2 is 1.95 bits per heavy atom. The maximum Gasteiger partial charge on any atom is 0.417 e. The Morgan fingerprint density at radius 1 is 1.26 bits per heavy atom. The van der Waals surface area contributed by atoms with E-state index in [1.807, 2.05) is 0 Å². The fraction of sp³-hybridized carbons (Fsp3) is 0.250. The van der Waals surface area contributed by atoms with E-state index < -0.39 is 11.7 Å². The Bertz CT molecular complexity index is 658. The van der Waals surface area contributed by atoms with Gasteiger partial charge in [0.2, 0.25) is 0 Å². The summed E-state index contributed by atoms with van der Waals surface area (Å²) in [7, 11) is 1.51. The minimum absolute atomic E-state index is 0.162. The predicted octanol–water partition coefficient (Wildman–Crippen LogP) is 3.12. The highest BCUT2D eigenvalue weighted by Gasteiger charge is 2.33. The lowest BCUT2D eigenvalue weighted by Gasteiger charge is -2.12. The Kier molecular flexibility index (Phi) is 3.49. The maximum atomic E-state index is 12.9. The molecule has 3 nitrogen and oxygen atoms in total. The molecule has 102 valence electrons. The van der Waals surface area contributed by atoms with Crippen LogP contribution >= 0.6 is 11.8 Å². The highest BCUT2D eigenvalue weighted by atomic mass is 32.2. The number of alkyl halides is 3. The zero-order valence-corrected chi connectivity index (χ0v) is 11.0. The first-order valence-corrected chi connectivity index (χ1v) is 6.57. The molecular weight excluding hydrogens is 277 g/mol. The zero-order valence-electron chi connectivity index (χ0n) is 10.2. The van der Waals surface area contributed by atoms with Crippen LogP contribution in [-0.4, -0.2) is 16.0 Å². The number of rotatable bonds is 2. The van der Waals surface area contributed by atoms with E-state index in [1.165, 1.54) is 23.9 Å². The van der Waals surface area contributed by atoms with Gasteiger partial charge in [0.1, 0.15) is 0 Å². The van der Waals surface area contributed by atoms with Gasteiger partial charge in [0.25, 0.3) is 5.56 Å². The predicted molar refractivity (Wildman–Crippen MR) is 68.3 cm³/mol. The topological polar surface area (TPSA) is 37.8 Å². The molecule has 0 unspecified atom stereocenters. The second-order valence-electron chi connectivity index (χ2n) is 3.98. The summed E-state index contributed by atoms with van der Waals surface area (Å²) < 4.78 is 40.0. The molecule has 2 rings (SSSR count). The number of benzene rings is 1. The number of H-pyrrole nitrogens is 1. The van der Waals surface area contributed by atoms with Gasteiger partial charge in [0.15, 0.2) is 0 Å². The number of aryl methyl sites for hydroxylation is 1. The average molecular weight is 288 g/mol. The van der Waals surface area contributed by atoms with Crippen molar-refractivity contribution >= 4 is 11.8 Å². The minimum atomic E-state index is -4.41. The van der Waals surface area contributed by atoms with E-state index in [-0.39, 0.29) is 10.5 Å². The molecule has 1 heterocycles. The highest BCUT2D eigenvalue weighted by Crippen LogP contribution is 2.37. The second kappa shape index (κ2) is 4.80. The summed E-state index contributed by atoms with van der Waals surface area (Å²) in [5, 5.41) is 2.71. The summed E-state index contributed by atoms with van der Waals surface area (Å²) in [5.74, 6) is 0. The number of thioether (sulfide) groups is 1. The normalized spacial score (nSPS) is 11.8. The molecule has 1 N–H and O–H groups in total. The molecule has 7 heteroatoms. The SMILES string of the molecule is CSc1ccc(-c2cc(=O)n(C)[nH]2)cc1C(F)(F)F. The van der Waals surface area contributed by atoms with Gasteiger partial charge in [-0.05, 0) is 18.4 Å². The number of nitrogens with one attached hydrogen (secondary N) is 1. The third kappa shape index (κ3) is 2.70. The lowest BCUT2D eigenvalue weighted by molar-refractivity contribution is -0.139. The lowest BCUT2D eigenvalue weighted by Crippen LogP contribution is -2.09. The first kappa shape index (κ1) is 13.8. The van der Waals surface area contributed by atoms with Crippen LogP contribution in [0.4, 0.5) is 13.2 Å². The van der Waals surface area contributed by atoms with Crippen LogP contribution in [0.25, 0.3) is 11.3 Å². The molecule has 0 fully saturated rings. The number of aromatic nitrogens is 2. The third-order valence-corrected chi connectivity index (χ3v) is 3.50. The van der Waals surface area contributed by atoms with Crippen molar-refractivity contribution in [2.24, 2.45) is 7.05 Å². The van der Waals surface area contributed by atoms with Crippen LogP contribution in [0.15, 0.2) is 34.0 Å². The molecule has 0 saturated heterocycles. The van der Waals surface area contributed by atoms with Gasteiger partial charge in [-0.1, -0.05) is 6.07 Å². The van der Waals surface area contributed by atoms with Crippen molar-refractivity contribution < 1.29 is 13.2 Å². The quantitative estimate of drug-likeness (QED) is 0.862. The molecule has 0 radical (unpaired) electrons. The van der Waals surface area contributed by atoms with Gasteiger partial charge in [0.05, 0.1) is 11.3 Å². The number of aromatic amines is 1. The molecule has 0 aliphatic heterocycles. The molecule has 2 aromatic rings. The summed E-state index contributed by atoms with van der Waals surface area (Å²) in [6.45, 7) is 0. The molecular formula is C12H11F3N2OS. The smallest absolute Gasteiger partial charge is 0.295 e. The maximum absolute atomic E-state index is 12.9. The first-order valence-electron chi connectivity index (χ1n) is 5.34. The van der Waals surface area contributed by atoms with Crippen LogP contribution in [0.3, 0.4) is 0 Å². The van der Waals surface area contributed by atoms with Gasteiger partial charge in [-0.15, -0.1) is 11.8 Å². The molecule has 0 atom stereocenters. The van der Waals surface area contributed by atoms with Crippen molar-refractivity contribution in [1.82, 2.24) is 9.78 Å². The largest absolute Gasteiger partial charge is 0.417 e. The van der Waals surface area contributed by atoms with E-state index in [1.54, 1.807) is 12.3 Å². The van der Waals surface area contributed by atoms with E-state index in [2.05, 4.69) is 5.10 Å². The van der Waals surface area contributed by atoms with Gasteiger partial charge in [-0.25, -0.2) is 0 Å². The van der Waals surface area contributed by atoms with Crippen LogP contribution in [0.1, 0.15) is 5.56 Å². The summed E-state index contributed by atoms with van der Waals surface area (Å²) in [6.07, 6.45) is -2.82. The van der Waals surface area contributed by atoms with Crippen molar-refractivity contribution in [3.05, 3.63) is 40.2 Å². The minimum Gasteiger partial charge on any atom is -0.295 e. The molecule has 0 amide bonds. The van der Waals surface area contributed by atoms with Crippen LogP contribution < -0.4 is 5.56 Å². The summed E-state index contributed by atoms with van der Waals surface area (Å²) in [4.78, 5) is 11.5. The number of nitrogens with zero attached hydrogens (tertiary/aromatic N) is 1. The molecule has 0 bridgehead atoms. The monoisotopic (exact) mass is 288 g/mol. The van der Waals surface area contributed by atoms with E-state index in [4.69, 9.17) is 0 Å². The number of halogens is 3. The Labute approximate surface area is 111 Å². The molecule has 0 aliphatic rings. The van der Waals surface area contributed by atoms with Crippen molar-refractivity contribution in [1.29, 1.82) is 0 Å². The van der Waals surface area contributed by atoms with Crippen LogP contribution in [0.5, 0.6) is 0 Å². The van der Waals surface area contributed by atoms with Crippen molar-refractivity contribution in [2.75, 3.05) is 6.26 Å². The molecule has 0 spiro atoms. The average Bonchev–Trinajstić information content (AvgIpc) is 2.68. The van der Waals surface area contributed by atoms with Crippen molar-refractivity contribution in [2.45, 2.75) is 11.1 Å². The fourth-order valence-electron chi connectivity index (χ4n) is 1.73. The molecule has 0 aliphatic carbocycles. The van der Waals surface area contributed by atoms with Crippen LogP contribution in [-0.2, 0) is 13.2 Å². The van der Waals surface area contributed by atoms with Gasteiger partial charge < -0.3 is 0 Å². The van der Waals surface area contributed by atoms with Crippen LogP contribution in [0, 0.1) is 0 Å². The van der Waals surface area contributed by atoms with Gasteiger partial charge in [-0.3, -0.25) is 14.6 Å². The fourth-order valence-corrected chi connectivity index (χ4v) is 2.33. The van der Waals surface area contributed by atoms with Gasteiger partial charge in [-0.2, -0.15) is 13.2 Å². The first-order chi connectivity index (χ1) is 8.82. The molecule has 1 aromatic carbocycles. The van der Waals surface area contributed by atoms with E-state index in [0.29, 0.717) is 11.3 Å². The van der Waals surface area contributed by atoms with E-state index in [9.17, 15) is 18.0 Å². The van der Waals surface area contributed by atoms with Crippen molar-refractivity contribution in [3.8, 4) is 11.3 Å². The molecule has 19 heavy (non-hydrogen) atoms. The molecule has 1 aromatic heterocycles. The lowest BCUT2D eigenvalue weighted by atomic mass is 10.1. The Hall–Kier alpha value is -1.63. The number of hydrogen-bond acceptors (Lipinski definition) is 2. The third-order valence-electron chi connectivity index (χ3n) is 2.70. The number of hydrogen-bond donors (Lipinski definition) is 1. The summed E-state index contributed by atoms with van der Waals surface area (Å²) >= 11 is 1.04. The standard InChI is InChI=1S/C12H11F3N2OS/c1-17-11(18)6-9(16-17)7-3-4-10(19-2)8(5-7)12(13,14)15/h3-6,16H,1-2H3. The summed E-state index contributed by atoms with van der Waals surface area (Å²) in [5.41, 5.74) is -0.284. The Morgan fingerprint density at radius 3 is 2.42 bits per heavy atom. The highest BCUT2D eigenvalue weighted by molar-refractivity contribution is 7.98. The van der Waals surface area contributed by atoms with Gasteiger partial charge >= 0.3 is 6.18 Å². The second-order valence-corrected chi connectivity index (χ2v) is 4.83. The van der Waals surface area contributed by atoms with E-state index in [0.717, 1.165) is 17.8 Å². The zero-order chi connectivity index (χ0) is 14.2. The Balaban J connectivity index is 2.58. The van der Waals surface area contributed by atoms with Crippen molar-refractivity contribution in [3.63, 3.8) is 0 Å². The van der Waals surface area contributed by atoms with Gasteiger partial charge in [0, 0.05) is 23.6 Å². The van der Waals surface area contributed by atoms with Crippen LogP contribution in [0.2, 0.25) is 0 Å².